The lowest BCUT2D eigenvalue weighted by Gasteiger charge is -2.35. The average molecular weight is 283 g/mol. The monoisotopic (exact) mass is 282 g/mol. The van der Waals surface area contributed by atoms with Gasteiger partial charge < -0.3 is 15.4 Å². The highest BCUT2D eigenvalue weighted by Gasteiger charge is 2.28. The molecule has 0 aliphatic carbocycles. The summed E-state index contributed by atoms with van der Waals surface area (Å²) in [4.78, 5) is 14.3. The van der Waals surface area contributed by atoms with Crippen LogP contribution in [0.4, 0.5) is 0 Å². The SMILES string of the molecule is COc1ccc(Cl)cc1C(=O)N1CCC(C)C(N)C1. The number of ether oxygens (including phenoxy) is 1. The van der Waals surface area contributed by atoms with Crippen LogP contribution < -0.4 is 10.5 Å². The predicted molar refractivity (Wildman–Crippen MR) is 75.7 cm³/mol. The molecular weight excluding hydrogens is 264 g/mol. The minimum atomic E-state index is -0.0679. The summed E-state index contributed by atoms with van der Waals surface area (Å²) in [6.45, 7) is 3.42. The highest BCUT2D eigenvalue weighted by atomic mass is 35.5. The molecule has 2 rings (SSSR count). The number of hydrogen-bond acceptors (Lipinski definition) is 3. The third kappa shape index (κ3) is 3.01. The maximum atomic E-state index is 12.5. The Bertz CT molecular complexity index is 479. The van der Waals surface area contributed by atoms with Crippen molar-refractivity contribution in [3.8, 4) is 5.75 Å². The van der Waals surface area contributed by atoms with Crippen LogP contribution in [0.5, 0.6) is 5.75 Å². The van der Waals surface area contributed by atoms with Crippen LogP contribution in [-0.2, 0) is 0 Å². The van der Waals surface area contributed by atoms with Gasteiger partial charge in [-0.05, 0) is 30.5 Å². The van der Waals surface area contributed by atoms with Gasteiger partial charge in [0.25, 0.3) is 5.91 Å². The van der Waals surface area contributed by atoms with Crippen LogP contribution in [0, 0.1) is 5.92 Å². The van der Waals surface area contributed by atoms with Gasteiger partial charge in [-0.2, -0.15) is 0 Å². The minimum absolute atomic E-state index is 0.0304. The van der Waals surface area contributed by atoms with E-state index in [0.29, 0.717) is 28.8 Å². The number of carbonyl (C=O) groups excluding carboxylic acids is 1. The third-order valence-corrected chi connectivity index (χ3v) is 3.93. The molecule has 2 atom stereocenters. The topological polar surface area (TPSA) is 55.6 Å². The Hall–Kier alpha value is -1.26. The van der Waals surface area contributed by atoms with E-state index in [1.165, 1.54) is 0 Å². The third-order valence-electron chi connectivity index (χ3n) is 3.70. The maximum Gasteiger partial charge on any atom is 0.257 e. The molecular formula is C14H19ClN2O2. The molecule has 5 heteroatoms. The summed E-state index contributed by atoms with van der Waals surface area (Å²) in [5, 5.41) is 0.527. The number of nitrogens with two attached hydrogens (primary N) is 1. The van der Waals surface area contributed by atoms with Gasteiger partial charge in [0.05, 0.1) is 12.7 Å². The fraction of sp³-hybridized carbons (Fsp3) is 0.500. The van der Waals surface area contributed by atoms with E-state index in [1.807, 2.05) is 0 Å². The number of benzene rings is 1. The molecule has 1 fully saturated rings. The lowest BCUT2D eigenvalue weighted by molar-refractivity contribution is 0.0669. The molecule has 0 spiro atoms. The number of amides is 1. The molecule has 104 valence electrons. The van der Waals surface area contributed by atoms with E-state index >= 15 is 0 Å². The van der Waals surface area contributed by atoms with E-state index < -0.39 is 0 Å². The molecule has 1 aromatic rings. The summed E-state index contributed by atoms with van der Waals surface area (Å²) < 4.78 is 5.22. The Kier molecular flexibility index (Phi) is 4.32. The zero-order valence-electron chi connectivity index (χ0n) is 11.2. The minimum Gasteiger partial charge on any atom is -0.496 e. The normalized spacial score (nSPS) is 23.3. The summed E-state index contributed by atoms with van der Waals surface area (Å²) in [6.07, 6.45) is 0.926. The van der Waals surface area contributed by atoms with Gasteiger partial charge in [0.2, 0.25) is 0 Å². The second-order valence-corrected chi connectivity index (χ2v) is 5.46. The average Bonchev–Trinajstić information content (AvgIpc) is 2.41. The van der Waals surface area contributed by atoms with Crippen LogP contribution in [0.25, 0.3) is 0 Å². The molecule has 1 amide bonds. The number of nitrogens with zero attached hydrogens (tertiary/aromatic N) is 1. The van der Waals surface area contributed by atoms with Gasteiger partial charge in [0, 0.05) is 24.2 Å². The van der Waals surface area contributed by atoms with Crippen molar-refractivity contribution in [1.82, 2.24) is 4.90 Å². The lowest BCUT2D eigenvalue weighted by atomic mass is 9.94. The largest absolute Gasteiger partial charge is 0.496 e. The van der Waals surface area contributed by atoms with Crippen LogP contribution in [0.15, 0.2) is 18.2 Å². The van der Waals surface area contributed by atoms with E-state index in [1.54, 1.807) is 30.2 Å². The van der Waals surface area contributed by atoms with Crippen LogP contribution in [0.1, 0.15) is 23.7 Å². The van der Waals surface area contributed by atoms with Gasteiger partial charge in [-0.25, -0.2) is 0 Å². The molecule has 1 heterocycles. The van der Waals surface area contributed by atoms with Crippen molar-refractivity contribution in [2.75, 3.05) is 20.2 Å². The smallest absolute Gasteiger partial charge is 0.257 e. The number of carbonyl (C=O) groups is 1. The fourth-order valence-corrected chi connectivity index (χ4v) is 2.47. The van der Waals surface area contributed by atoms with E-state index in [-0.39, 0.29) is 11.9 Å². The summed E-state index contributed by atoms with van der Waals surface area (Å²) in [5.74, 6) is 0.925. The number of methoxy groups -OCH3 is 1. The van der Waals surface area contributed by atoms with Crippen molar-refractivity contribution >= 4 is 17.5 Å². The second-order valence-electron chi connectivity index (χ2n) is 5.03. The molecule has 1 saturated heterocycles. The second kappa shape index (κ2) is 5.80. The number of likely N-dealkylation sites (tertiary alicyclic amines) is 1. The Balaban J connectivity index is 2.22. The van der Waals surface area contributed by atoms with Crippen LogP contribution in [0.2, 0.25) is 5.02 Å². The summed E-state index contributed by atoms with van der Waals surface area (Å²) in [5.41, 5.74) is 6.53. The zero-order valence-corrected chi connectivity index (χ0v) is 12.0. The maximum absolute atomic E-state index is 12.5. The molecule has 2 unspecified atom stereocenters. The lowest BCUT2D eigenvalue weighted by Crippen LogP contribution is -2.49. The molecule has 0 aromatic heterocycles. The van der Waals surface area contributed by atoms with Gasteiger partial charge in [0.15, 0.2) is 0 Å². The van der Waals surface area contributed by atoms with Gasteiger partial charge in [-0.3, -0.25) is 4.79 Å². The molecule has 19 heavy (non-hydrogen) atoms. The van der Waals surface area contributed by atoms with E-state index in [4.69, 9.17) is 22.1 Å². The molecule has 2 N–H and O–H groups in total. The zero-order chi connectivity index (χ0) is 14.0. The highest BCUT2D eigenvalue weighted by molar-refractivity contribution is 6.31. The quantitative estimate of drug-likeness (QED) is 0.904. The highest BCUT2D eigenvalue weighted by Crippen LogP contribution is 2.26. The Labute approximate surface area is 118 Å². The summed E-state index contributed by atoms with van der Waals surface area (Å²) in [6, 6.07) is 5.10. The first-order valence-corrected chi connectivity index (χ1v) is 6.79. The molecule has 0 bridgehead atoms. The van der Waals surface area contributed by atoms with Crippen molar-refractivity contribution in [1.29, 1.82) is 0 Å². The van der Waals surface area contributed by atoms with E-state index in [9.17, 15) is 4.79 Å². The molecule has 0 radical (unpaired) electrons. The molecule has 4 nitrogen and oxygen atoms in total. The first-order chi connectivity index (χ1) is 9.02. The van der Waals surface area contributed by atoms with Gasteiger partial charge in [-0.15, -0.1) is 0 Å². The Morgan fingerprint density at radius 1 is 1.53 bits per heavy atom. The number of rotatable bonds is 2. The van der Waals surface area contributed by atoms with Crippen LogP contribution >= 0.6 is 11.6 Å². The van der Waals surface area contributed by atoms with E-state index in [2.05, 4.69) is 6.92 Å². The van der Waals surface area contributed by atoms with E-state index in [0.717, 1.165) is 13.0 Å². The Morgan fingerprint density at radius 2 is 2.26 bits per heavy atom. The first-order valence-electron chi connectivity index (χ1n) is 6.41. The van der Waals surface area contributed by atoms with Gasteiger partial charge in [0.1, 0.15) is 5.75 Å². The fourth-order valence-electron chi connectivity index (χ4n) is 2.30. The van der Waals surface area contributed by atoms with Crippen molar-refractivity contribution in [3.63, 3.8) is 0 Å². The molecule has 1 aliphatic heterocycles. The van der Waals surface area contributed by atoms with Crippen molar-refractivity contribution in [3.05, 3.63) is 28.8 Å². The van der Waals surface area contributed by atoms with Crippen molar-refractivity contribution in [2.45, 2.75) is 19.4 Å². The number of piperidine rings is 1. The summed E-state index contributed by atoms with van der Waals surface area (Å²) >= 11 is 5.96. The molecule has 0 saturated carbocycles. The van der Waals surface area contributed by atoms with Crippen LogP contribution in [-0.4, -0.2) is 37.0 Å². The molecule has 1 aliphatic rings. The molecule has 1 aromatic carbocycles. The number of hydrogen-bond donors (Lipinski definition) is 1. The van der Waals surface area contributed by atoms with Crippen molar-refractivity contribution < 1.29 is 9.53 Å². The number of halogens is 1. The summed E-state index contributed by atoms with van der Waals surface area (Å²) in [7, 11) is 1.55. The standard InChI is InChI=1S/C14H19ClN2O2/c1-9-5-6-17(8-12(9)16)14(18)11-7-10(15)3-4-13(11)19-2/h3-4,7,9,12H,5-6,8,16H2,1-2H3. The predicted octanol–water partition coefficient (Wildman–Crippen LogP) is 2.16. The van der Waals surface area contributed by atoms with Crippen LogP contribution in [0.3, 0.4) is 0 Å². The van der Waals surface area contributed by atoms with Gasteiger partial charge in [-0.1, -0.05) is 18.5 Å². The Morgan fingerprint density at radius 3 is 2.89 bits per heavy atom. The van der Waals surface area contributed by atoms with Crippen molar-refractivity contribution in [2.24, 2.45) is 11.7 Å². The first kappa shape index (κ1) is 14.2. The van der Waals surface area contributed by atoms with Gasteiger partial charge >= 0.3 is 0 Å².